The van der Waals surface area contributed by atoms with Gasteiger partial charge in [0.05, 0.1) is 10.2 Å². The molecule has 0 radical (unpaired) electrons. The highest BCUT2D eigenvalue weighted by atomic mass is 32.1. The highest BCUT2D eigenvalue weighted by Crippen LogP contribution is 2.31. The zero-order chi connectivity index (χ0) is 14.1. The number of thiazole rings is 1. The van der Waals surface area contributed by atoms with E-state index in [1.807, 2.05) is 0 Å². The molecule has 3 heteroatoms. The van der Waals surface area contributed by atoms with Crippen molar-refractivity contribution in [3.63, 3.8) is 0 Å². The fourth-order valence-electron chi connectivity index (χ4n) is 2.31. The Bertz CT molecular complexity index is 744. The Hall–Kier alpha value is -1.87. The number of benzene rings is 2. The summed E-state index contributed by atoms with van der Waals surface area (Å²) in [5.74, 6) is 0.496. The summed E-state index contributed by atoms with van der Waals surface area (Å²) >= 11 is 1.70. The van der Waals surface area contributed by atoms with Gasteiger partial charge >= 0.3 is 0 Å². The van der Waals surface area contributed by atoms with Crippen molar-refractivity contribution in [1.29, 1.82) is 0 Å². The van der Waals surface area contributed by atoms with Crippen LogP contribution in [0.3, 0.4) is 0 Å². The van der Waals surface area contributed by atoms with Crippen molar-refractivity contribution in [2.75, 3.05) is 5.32 Å². The van der Waals surface area contributed by atoms with Crippen LogP contribution in [0.25, 0.3) is 10.2 Å². The molecule has 3 aromatic rings. The molecule has 0 saturated carbocycles. The van der Waals surface area contributed by atoms with Crippen LogP contribution in [0.15, 0.2) is 42.5 Å². The number of aromatic nitrogens is 1. The van der Waals surface area contributed by atoms with Crippen molar-refractivity contribution in [3.8, 4) is 0 Å². The number of rotatable bonds is 3. The number of nitrogens with zero attached hydrogens (tertiary/aromatic N) is 1. The largest absolute Gasteiger partial charge is 0.331 e. The van der Waals surface area contributed by atoms with E-state index in [2.05, 4.69) is 73.5 Å². The van der Waals surface area contributed by atoms with Gasteiger partial charge < -0.3 is 5.32 Å². The molecule has 0 aliphatic heterocycles. The Morgan fingerprint density at radius 2 is 1.90 bits per heavy atom. The fourth-order valence-corrected chi connectivity index (χ4v) is 3.29. The fraction of sp³-hybridized carbons (Fsp3) is 0.235. The molecule has 2 nitrogen and oxygen atoms in total. The first-order chi connectivity index (χ1) is 9.63. The molecule has 0 atom stereocenters. The van der Waals surface area contributed by atoms with Gasteiger partial charge in [0.25, 0.3) is 0 Å². The molecule has 3 rings (SSSR count). The summed E-state index contributed by atoms with van der Waals surface area (Å²) in [5, 5.41) is 4.43. The Labute approximate surface area is 123 Å². The SMILES string of the molecule is Cc1ccc2nc(Nc3ccccc3C(C)C)sc2c1. The molecule has 1 heterocycles. The van der Waals surface area contributed by atoms with Crippen LogP contribution in [0.2, 0.25) is 0 Å². The van der Waals surface area contributed by atoms with Crippen LogP contribution in [0.5, 0.6) is 0 Å². The predicted octanol–water partition coefficient (Wildman–Crippen LogP) is 5.47. The molecule has 0 aliphatic carbocycles. The van der Waals surface area contributed by atoms with Crippen molar-refractivity contribution in [1.82, 2.24) is 4.98 Å². The van der Waals surface area contributed by atoms with E-state index in [9.17, 15) is 0 Å². The second-order valence-corrected chi connectivity index (χ2v) is 6.39. The second kappa shape index (κ2) is 5.25. The van der Waals surface area contributed by atoms with Gasteiger partial charge in [0.1, 0.15) is 0 Å². The number of aryl methyl sites for hydroxylation is 1. The normalized spacial score (nSPS) is 11.2. The highest BCUT2D eigenvalue weighted by Gasteiger charge is 2.09. The summed E-state index contributed by atoms with van der Waals surface area (Å²) in [4.78, 5) is 4.66. The average Bonchev–Trinajstić information content (AvgIpc) is 2.80. The van der Waals surface area contributed by atoms with Crippen LogP contribution in [-0.4, -0.2) is 4.98 Å². The minimum Gasteiger partial charge on any atom is -0.331 e. The molecule has 0 amide bonds. The minimum absolute atomic E-state index is 0.496. The number of para-hydroxylation sites is 1. The first-order valence-corrected chi connectivity index (χ1v) is 7.68. The van der Waals surface area contributed by atoms with Gasteiger partial charge in [0.15, 0.2) is 5.13 Å². The van der Waals surface area contributed by atoms with E-state index in [4.69, 9.17) is 0 Å². The van der Waals surface area contributed by atoms with Crippen molar-refractivity contribution in [2.24, 2.45) is 0 Å². The summed E-state index contributed by atoms with van der Waals surface area (Å²) in [7, 11) is 0. The third kappa shape index (κ3) is 2.54. The third-order valence-electron chi connectivity index (χ3n) is 3.37. The molecule has 102 valence electrons. The summed E-state index contributed by atoms with van der Waals surface area (Å²) in [6.45, 7) is 6.53. The molecule has 0 saturated heterocycles. The van der Waals surface area contributed by atoms with Crippen molar-refractivity contribution < 1.29 is 0 Å². The molecule has 0 bridgehead atoms. The van der Waals surface area contributed by atoms with Crippen LogP contribution < -0.4 is 5.32 Å². The molecular formula is C17H18N2S. The monoisotopic (exact) mass is 282 g/mol. The summed E-state index contributed by atoms with van der Waals surface area (Å²) in [6, 6.07) is 14.8. The Balaban J connectivity index is 1.97. The molecule has 0 spiro atoms. The zero-order valence-corrected chi connectivity index (χ0v) is 12.8. The van der Waals surface area contributed by atoms with Crippen LogP contribution in [0.4, 0.5) is 10.8 Å². The summed E-state index contributed by atoms with van der Waals surface area (Å²) in [5.41, 5.74) is 4.81. The number of nitrogens with one attached hydrogen (secondary N) is 1. The van der Waals surface area contributed by atoms with Gasteiger partial charge in [-0.05, 0) is 42.2 Å². The van der Waals surface area contributed by atoms with Gasteiger partial charge in [-0.2, -0.15) is 0 Å². The van der Waals surface area contributed by atoms with Gasteiger partial charge in [-0.1, -0.05) is 49.4 Å². The van der Waals surface area contributed by atoms with E-state index in [0.717, 1.165) is 16.3 Å². The molecule has 2 aromatic carbocycles. The lowest BCUT2D eigenvalue weighted by atomic mass is 10.0. The highest BCUT2D eigenvalue weighted by molar-refractivity contribution is 7.22. The lowest BCUT2D eigenvalue weighted by Gasteiger charge is -2.12. The maximum Gasteiger partial charge on any atom is 0.188 e. The van der Waals surface area contributed by atoms with Crippen LogP contribution in [-0.2, 0) is 0 Å². The third-order valence-corrected chi connectivity index (χ3v) is 4.30. The van der Waals surface area contributed by atoms with Gasteiger partial charge in [-0.25, -0.2) is 4.98 Å². The van der Waals surface area contributed by atoms with Crippen LogP contribution in [0.1, 0.15) is 30.9 Å². The van der Waals surface area contributed by atoms with E-state index in [1.165, 1.54) is 15.8 Å². The lowest BCUT2D eigenvalue weighted by molar-refractivity contribution is 0.869. The standard InChI is InChI=1S/C17H18N2S/c1-11(2)13-6-4-5-7-14(13)18-17-19-15-9-8-12(3)10-16(15)20-17/h4-11H,1-3H3,(H,18,19). The molecule has 0 aliphatic rings. The minimum atomic E-state index is 0.496. The molecule has 20 heavy (non-hydrogen) atoms. The van der Waals surface area contributed by atoms with Crippen LogP contribution >= 0.6 is 11.3 Å². The topological polar surface area (TPSA) is 24.9 Å². The molecular weight excluding hydrogens is 264 g/mol. The molecule has 0 fully saturated rings. The van der Waals surface area contributed by atoms with Gasteiger partial charge in [0, 0.05) is 5.69 Å². The van der Waals surface area contributed by atoms with Crippen molar-refractivity contribution in [2.45, 2.75) is 26.7 Å². The quantitative estimate of drug-likeness (QED) is 0.688. The second-order valence-electron chi connectivity index (χ2n) is 5.36. The summed E-state index contributed by atoms with van der Waals surface area (Å²) < 4.78 is 1.23. The lowest BCUT2D eigenvalue weighted by Crippen LogP contribution is -1.96. The number of anilines is 2. The van der Waals surface area contributed by atoms with Crippen molar-refractivity contribution >= 4 is 32.4 Å². The average molecular weight is 282 g/mol. The van der Waals surface area contributed by atoms with E-state index in [1.54, 1.807) is 11.3 Å². The maximum atomic E-state index is 4.66. The van der Waals surface area contributed by atoms with E-state index >= 15 is 0 Å². The van der Waals surface area contributed by atoms with Gasteiger partial charge in [-0.3, -0.25) is 0 Å². The van der Waals surface area contributed by atoms with Crippen molar-refractivity contribution in [3.05, 3.63) is 53.6 Å². The Kier molecular flexibility index (Phi) is 3.45. The van der Waals surface area contributed by atoms with E-state index in [0.29, 0.717) is 5.92 Å². The molecule has 1 aromatic heterocycles. The molecule has 0 unspecified atom stereocenters. The van der Waals surface area contributed by atoms with Crippen LogP contribution in [0, 0.1) is 6.92 Å². The number of hydrogen-bond acceptors (Lipinski definition) is 3. The van der Waals surface area contributed by atoms with E-state index in [-0.39, 0.29) is 0 Å². The molecule has 1 N–H and O–H groups in total. The number of fused-ring (bicyclic) bond motifs is 1. The smallest absolute Gasteiger partial charge is 0.188 e. The van der Waals surface area contributed by atoms with E-state index < -0.39 is 0 Å². The maximum absolute atomic E-state index is 4.66. The first-order valence-electron chi connectivity index (χ1n) is 6.86. The Morgan fingerprint density at radius 1 is 1.10 bits per heavy atom. The first kappa shape index (κ1) is 13.1. The number of hydrogen-bond donors (Lipinski definition) is 1. The zero-order valence-electron chi connectivity index (χ0n) is 12.0. The van der Waals surface area contributed by atoms with Gasteiger partial charge in [-0.15, -0.1) is 0 Å². The summed E-state index contributed by atoms with van der Waals surface area (Å²) in [6.07, 6.45) is 0. The Morgan fingerprint density at radius 3 is 2.70 bits per heavy atom. The van der Waals surface area contributed by atoms with Gasteiger partial charge in [0.2, 0.25) is 0 Å². The predicted molar refractivity (Wildman–Crippen MR) is 88.2 cm³/mol.